The second-order valence-corrected chi connectivity index (χ2v) is 5.08. The molecule has 10 nitrogen and oxygen atoms in total. The molecule has 0 bridgehead atoms. The standard InChI is InChI=1S/C15H16N4O6/c20-14(4-5-18-9-12(8-17-18)19(23)24)16-7-11-2-1-3-13(6-11)25-10-15(21)22/h1-3,6,8-9H,4-5,7,10H2,(H,16,20)(H,21,22). The maximum absolute atomic E-state index is 11.8. The van der Waals surface area contributed by atoms with Crippen molar-refractivity contribution >= 4 is 17.6 Å². The van der Waals surface area contributed by atoms with Crippen LogP contribution < -0.4 is 10.1 Å². The Morgan fingerprint density at radius 3 is 2.88 bits per heavy atom. The normalized spacial score (nSPS) is 10.2. The minimum atomic E-state index is -1.07. The van der Waals surface area contributed by atoms with Crippen molar-refractivity contribution in [2.24, 2.45) is 0 Å². The molecule has 0 aliphatic rings. The molecular weight excluding hydrogens is 332 g/mol. The third-order valence-electron chi connectivity index (χ3n) is 3.15. The lowest BCUT2D eigenvalue weighted by atomic mass is 10.2. The van der Waals surface area contributed by atoms with Gasteiger partial charge in [-0.15, -0.1) is 0 Å². The second-order valence-electron chi connectivity index (χ2n) is 5.08. The largest absolute Gasteiger partial charge is 0.482 e. The van der Waals surface area contributed by atoms with Crippen LogP contribution in [0.2, 0.25) is 0 Å². The molecule has 0 unspecified atom stereocenters. The van der Waals surface area contributed by atoms with Gasteiger partial charge in [-0.2, -0.15) is 5.10 Å². The lowest BCUT2D eigenvalue weighted by Crippen LogP contribution is -2.24. The van der Waals surface area contributed by atoms with E-state index in [-0.39, 0.29) is 31.1 Å². The van der Waals surface area contributed by atoms with E-state index >= 15 is 0 Å². The van der Waals surface area contributed by atoms with E-state index in [1.54, 1.807) is 24.3 Å². The van der Waals surface area contributed by atoms with E-state index < -0.39 is 17.5 Å². The minimum absolute atomic E-state index is 0.119. The number of carboxylic acid groups (broad SMARTS) is 1. The third kappa shape index (κ3) is 5.94. The number of amides is 1. The predicted octanol–water partition coefficient (Wildman–Crippen LogP) is 0.961. The van der Waals surface area contributed by atoms with Crippen LogP contribution in [0.5, 0.6) is 5.75 Å². The Balaban J connectivity index is 1.78. The molecule has 2 aromatic rings. The van der Waals surface area contributed by atoms with E-state index in [0.717, 1.165) is 11.8 Å². The molecular formula is C15H16N4O6. The predicted molar refractivity (Wildman–Crippen MR) is 84.9 cm³/mol. The van der Waals surface area contributed by atoms with Crippen molar-refractivity contribution in [2.45, 2.75) is 19.5 Å². The molecule has 0 fully saturated rings. The first-order chi connectivity index (χ1) is 11.9. The summed E-state index contributed by atoms with van der Waals surface area (Å²) in [6.07, 6.45) is 2.51. The van der Waals surface area contributed by atoms with Crippen LogP contribution >= 0.6 is 0 Å². The van der Waals surface area contributed by atoms with Crippen molar-refractivity contribution in [3.63, 3.8) is 0 Å². The number of hydrogen-bond donors (Lipinski definition) is 2. The molecule has 1 amide bonds. The molecule has 25 heavy (non-hydrogen) atoms. The van der Waals surface area contributed by atoms with Crippen molar-refractivity contribution in [1.82, 2.24) is 15.1 Å². The van der Waals surface area contributed by atoms with Crippen LogP contribution in [-0.2, 0) is 22.7 Å². The summed E-state index contributed by atoms with van der Waals surface area (Å²) in [4.78, 5) is 32.3. The number of hydrogen-bond acceptors (Lipinski definition) is 6. The van der Waals surface area contributed by atoms with E-state index in [1.165, 1.54) is 10.9 Å². The molecule has 0 radical (unpaired) electrons. The smallest absolute Gasteiger partial charge is 0.341 e. The summed E-state index contributed by atoms with van der Waals surface area (Å²) in [5, 5.41) is 25.6. The number of rotatable bonds is 9. The molecule has 0 spiro atoms. The molecule has 1 heterocycles. The van der Waals surface area contributed by atoms with Gasteiger partial charge in [0.1, 0.15) is 18.1 Å². The van der Waals surface area contributed by atoms with Crippen molar-refractivity contribution in [2.75, 3.05) is 6.61 Å². The fourth-order valence-corrected chi connectivity index (χ4v) is 1.96. The Morgan fingerprint density at radius 2 is 2.20 bits per heavy atom. The summed E-state index contributed by atoms with van der Waals surface area (Å²) in [6, 6.07) is 6.73. The first kappa shape index (κ1) is 17.9. The number of aliphatic carboxylic acids is 1. The maximum Gasteiger partial charge on any atom is 0.341 e. The molecule has 132 valence electrons. The van der Waals surface area contributed by atoms with Gasteiger partial charge < -0.3 is 15.2 Å². The number of carbonyl (C=O) groups is 2. The monoisotopic (exact) mass is 348 g/mol. The van der Waals surface area contributed by atoms with E-state index in [9.17, 15) is 19.7 Å². The number of carbonyl (C=O) groups excluding carboxylic acids is 1. The van der Waals surface area contributed by atoms with Crippen molar-refractivity contribution in [1.29, 1.82) is 0 Å². The number of nitrogens with one attached hydrogen (secondary N) is 1. The number of ether oxygens (including phenoxy) is 1. The number of aromatic nitrogens is 2. The zero-order chi connectivity index (χ0) is 18.2. The fraction of sp³-hybridized carbons (Fsp3) is 0.267. The molecule has 0 aliphatic heterocycles. The Bertz CT molecular complexity index is 773. The molecule has 10 heteroatoms. The van der Waals surface area contributed by atoms with Crippen LogP contribution in [0.15, 0.2) is 36.7 Å². The van der Waals surface area contributed by atoms with Gasteiger partial charge in [-0.05, 0) is 17.7 Å². The van der Waals surface area contributed by atoms with Gasteiger partial charge in [-0.1, -0.05) is 12.1 Å². The van der Waals surface area contributed by atoms with Gasteiger partial charge >= 0.3 is 11.7 Å². The Kier molecular flexibility index (Phi) is 6.04. The summed E-state index contributed by atoms with van der Waals surface area (Å²) >= 11 is 0. The van der Waals surface area contributed by atoms with Crippen LogP contribution in [0.3, 0.4) is 0 Å². The lowest BCUT2D eigenvalue weighted by Gasteiger charge is -2.08. The van der Waals surface area contributed by atoms with Gasteiger partial charge in [-0.25, -0.2) is 4.79 Å². The Labute approximate surface area is 142 Å². The van der Waals surface area contributed by atoms with E-state index in [4.69, 9.17) is 9.84 Å². The first-order valence-electron chi connectivity index (χ1n) is 7.31. The average Bonchev–Trinajstić information content (AvgIpc) is 3.06. The van der Waals surface area contributed by atoms with Gasteiger partial charge in [0.15, 0.2) is 6.61 Å². The molecule has 2 rings (SSSR count). The molecule has 0 saturated heterocycles. The highest BCUT2D eigenvalue weighted by atomic mass is 16.6. The highest BCUT2D eigenvalue weighted by Crippen LogP contribution is 2.13. The van der Waals surface area contributed by atoms with E-state index in [0.29, 0.717) is 5.75 Å². The molecule has 1 aromatic carbocycles. The average molecular weight is 348 g/mol. The first-order valence-corrected chi connectivity index (χ1v) is 7.31. The van der Waals surface area contributed by atoms with Crippen molar-refractivity contribution in [3.05, 3.63) is 52.3 Å². The van der Waals surface area contributed by atoms with E-state index in [1.807, 2.05) is 0 Å². The number of aryl methyl sites for hydroxylation is 1. The highest BCUT2D eigenvalue weighted by Gasteiger charge is 2.10. The SMILES string of the molecule is O=C(O)COc1cccc(CNC(=O)CCn2cc([N+](=O)[O-])cn2)c1. The number of benzene rings is 1. The number of nitro groups is 1. The molecule has 1 aromatic heterocycles. The van der Waals surface area contributed by atoms with Crippen LogP contribution in [0.25, 0.3) is 0 Å². The molecule has 0 saturated carbocycles. The summed E-state index contributed by atoms with van der Waals surface area (Å²) < 4.78 is 6.39. The molecule has 2 N–H and O–H groups in total. The Morgan fingerprint density at radius 1 is 1.40 bits per heavy atom. The lowest BCUT2D eigenvalue weighted by molar-refractivity contribution is -0.385. The van der Waals surface area contributed by atoms with Gasteiger partial charge in [-0.3, -0.25) is 19.6 Å². The minimum Gasteiger partial charge on any atom is -0.482 e. The van der Waals surface area contributed by atoms with Crippen LogP contribution in [-0.4, -0.2) is 38.3 Å². The van der Waals surface area contributed by atoms with Crippen molar-refractivity contribution < 1.29 is 24.4 Å². The van der Waals surface area contributed by atoms with Crippen LogP contribution in [0, 0.1) is 10.1 Å². The third-order valence-corrected chi connectivity index (χ3v) is 3.15. The number of carboxylic acids is 1. The fourth-order valence-electron chi connectivity index (χ4n) is 1.96. The maximum atomic E-state index is 11.8. The molecule has 0 atom stereocenters. The Hall–Kier alpha value is -3.43. The van der Waals surface area contributed by atoms with Crippen LogP contribution in [0.4, 0.5) is 5.69 Å². The van der Waals surface area contributed by atoms with E-state index in [2.05, 4.69) is 10.4 Å². The van der Waals surface area contributed by atoms with Gasteiger partial charge in [0, 0.05) is 19.5 Å². The quantitative estimate of drug-likeness (QED) is 0.508. The van der Waals surface area contributed by atoms with Gasteiger partial charge in [0.2, 0.25) is 5.91 Å². The van der Waals surface area contributed by atoms with Crippen molar-refractivity contribution in [3.8, 4) is 5.75 Å². The second kappa shape index (κ2) is 8.43. The van der Waals surface area contributed by atoms with Crippen LogP contribution in [0.1, 0.15) is 12.0 Å². The highest BCUT2D eigenvalue weighted by molar-refractivity contribution is 5.75. The summed E-state index contributed by atoms with van der Waals surface area (Å²) in [5.74, 6) is -0.912. The zero-order valence-corrected chi connectivity index (χ0v) is 13.1. The molecule has 0 aliphatic carbocycles. The van der Waals surface area contributed by atoms with Gasteiger partial charge in [0.05, 0.1) is 4.92 Å². The zero-order valence-electron chi connectivity index (χ0n) is 13.1. The summed E-state index contributed by atoms with van der Waals surface area (Å²) in [7, 11) is 0. The van der Waals surface area contributed by atoms with Gasteiger partial charge in [0.25, 0.3) is 0 Å². The number of nitrogens with zero attached hydrogens (tertiary/aromatic N) is 3. The summed E-state index contributed by atoms with van der Waals surface area (Å²) in [6.45, 7) is 0.0373. The summed E-state index contributed by atoms with van der Waals surface area (Å²) in [5.41, 5.74) is 0.629. The topological polar surface area (TPSA) is 137 Å².